The number of pyridine rings is 1. The van der Waals surface area contributed by atoms with Crippen molar-refractivity contribution in [1.29, 1.82) is 0 Å². The third-order valence-electron chi connectivity index (χ3n) is 4.19. The van der Waals surface area contributed by atoms with Gasteiger partial charge in [-0.3, -0.25) is 4.79 Å². The SMILES string of the molecule is CN(C(=O)c1nc(Cl)ccc1Cl)C1CCC(C)(C)CC1. The molecule has 0 radical (unpaired) electrons. The molecule has 1 amide bonds. The molecule has 0 N–H and O–H groups in total. The number of carbonyl (C=O) groups is 1. The van der Waals surface area contributed by atoms with Gasteiger partial charge in [0, 0.05) is 13.1 Å². The van der Waals surface area contributed by atoms with Crippen LogP contribution in [-0.4, -0.2) is 28.9 Å². The summed E-state index contributed by atoms with van der Waals surface area (Å²) in [6.45, 7) is 4.56. The quantitative estimate of drug-likeness (QED) is 0.757. The van der Waals surface area contributed by atoms with Crippen LogP contribution in [0.4, 0.5) is 0 Å². The molecule has 1 saturated carbocycles. The first-order valence-electron chi connectivity index (χ1n) is 6.89. The van der Waals surface area contributed by atoms with Crippen molar-refractivity contribution in [3.05, 3.63) is 28.0 Å². The molecule has 5 heteroatoms. The largest absolute Gasteiger partial charge is 0.337 e. The van der Waals surface area contributed by atoms with Gasteiger partial charge in [0.25, 0.3) is 5.91 Å². The Kier molecular flexibility index (Phi) is 4.60. The molecule has 0 aromatic carbocycles. The molecule has 1 aromatic heterocycles. The topological polar surface area (TPSA) is 33.2 Å². The minimum Gasteiger partial charge on any atom is -0.337 e. The van der Waals surface area contributed by atoms with Gasteiger partial charge in [-0.05, 0) is 43.2 Å². The number of carbonyl (C=O) groups excluding carboxylic acids is 1. The maximum absolute atomic E-state index is 12.5. The summed E-state index contributed by atoms with van der Waals surface area (Å²) in [7, 11) is 1.82. The van der Waals surface area contributed by atoms with E-state index < -0.39 is 0 Å². The Labute approximate surface area is 130 Å². The predicted octanol–water partition coefficient (Wildman–Crippen LogP) is 4.43. The summed E-state index contributed by atoms with van der Waals surface area (Å²) in [6.07, 6.45) is 4.30. The van der Waals surface area contributed by atoms with Crippen molar-refractivity contribution in [3.8, 4) is 0 Å². The van der Waals surface area contributed by atoms with Gasteiger partial charge in [-0.1, -0.05) is 37.0 Å². The number of amides is 1. The molecular weight excluding hydrogens is 295 g/mol. The van der Waals surface area contributed by atoms with Crippen LogP contribution in [0.3, 0.4) is 0 Å². The molecule has 1 fully saturated rings. The highest BCUT2D eigenvalue weighted by atomic mass is 35.5. The average molecular weight is 315 g/mol. The van der Waals surface area contributed by atoms with Gasteiger partial charge in [-0.2, -0.15) is 0 Å². The molecule has 0 atom stereocenters. The summed E-state index contributed by atoms with van der Waals surface area (Å²) in [5, 5.41) is 0.637. The van der Waals surface area contributed by atoms with Crippen molar-refractivity contribution in [1.82, 2.24) is 9.88 Å². The standard InChI is InChI=1S/C15H20Cl2N2O/c1-15(2)8-6-10(7-9-15)19(3)14(20)13-11(16)4-5-12(17)18-13/h4-5,10H,6-9H2,1-3H3. The average Bonchev–Trinajstić information content (AvgIpc) is 2.40. The summed E-state index contributed by atoms with van der Waals surface area (Å²) >= 11 is 11.9. The molecule has 0 bridgehead atoms. The Bertz CT molecular complexity index is 507. The number of aromatic nitrogens is 1. The van der Waals surface area contributed by atoms with Crippen LogP contribution >= 0.6 is 23.2 Å². The van der Waals surface area contributed by atoms with Gasteiger partial charge < -0.3 is 4.90 Å². The fourth-order valence-corrected chi connectivity index (χ4v) is 3.01. The number of rotatable bonds is 2. The minimum atomic E-state index is -0.151. The first-order chi connectivity index (χ1) is 9.30. The monoisotopic (exact) mass is 314 g/mol. The minimum absolute atomic E-state index is 0.151. The van der Waals surface area contributed by atoms with E-state index in [-0.39, 0.29) is 22.8 Å². The fourth-order valence-electron chi connectivity index (χ4n) is 2.67. The van der Waals surface area contributed by atoms with Gasteiger partial charge in [-0.15, -0.1) is 0 Å². The van der Waals surface area contributed by atoms with Crippen LogP contribution in [0, 0.1) is 5.41 Å². The highest BCUT2D eigenvalue weighted by molar-refractivity contribution is 6.34. The second-order valence-corrected chi connectivity index (χ2v) is 7.07. The van der Waals surface area contributed by atoms with Crippen LogP contribution in [0.2, 0.25) is 10.2 Å². The molecule has 0 spiro atoms. The molecular formula is C15H20Cl2N2O. The molecule has 3 nitrogen and oxygen atoms in total. The van der Waals surface area contributed by atoms with E-state index in [0.717, 1.165) is 25.7 Å². The zero-order valence-electron chi connectivity index (χ0n) is 12.1. The molecule has 0 aliphatic heterocycles. The van der Waals surface area contributed by atoms with Gasteiger partial charge in [0.2, 0.25) is 0 Å². The molecule has 1 aromatic rings. The highest BCUT2D eigenvalue weighted by Crippen LogP contribution is 2.37. The van der Waals surface area contributed by atoms with Crippen LogP contribution in [0.15, 0.2) is 12.1 Å². The van der Waals surface area contributed by atoms with Crippen molar-refractivity contribution >= 4 is 29.1 Å². The Morgan fingerprint density at radius 3 is 2.50 bits per heavy atom. The predicted molar refractivity (Wildman–Crippen MR) is 82.4 cm³/mol. The number of halogens is 2. The van der Waals surface area contributed by atoms with Crippen LogP contribution in [0.5, 0.6) is 0 Å². The molecule has 0 saturated heterocycles. The Morgan fingerprint density at radius 2 is 1.90 bits per heavy atom. The Hall–Kier alpha value is -0.800. The van der Waals surface area contributed by atoms with Crippen LogP contribution in [-0.2, 0) is 0 Å². The van der Waals surface area contributed by atoms with E-state index in [2.05, 4.69) is 18.8 Å². The molecule has 0 unspecified atom stereocenters. The molecule has 1 heterocycles. The van der Waals surface area contributed by atoms with E-state index in [1.807, 2.05) is 7.05 Å². The van der Waals surface area contributed by atoms with Crippen molar-refractivity contribution in [2.75, 3.05) is 7.05 Å². The van der Waals surface area contributed by atoms with E-state index in [4.69, 9.17) is 23.2 Å². The van der Waals surface area contributed by atoms with Crippen LogP contribution in [0.25, 0.3) is 0 Å². The zero-order valence-corrected chi connectivity index (χ0v) is 13.6. The summed E-state index contributed by atoms with van der Waals surface area (Å²) in [6, 6.07) is 3.46. The van der Waals surface area contributed by atoms with Crippen molar-refractivity contribution in [3.63, 3.8) is 0 Å². The lowest BCUT2D eigenvalue weighted by atomic mass is 9.75. The van der Waals surface area contributed by atoms with E-state index in [1.54, 1.807) is 17.0 Å². The smallest absolute Gasteiger partial charge is 0.274 e. The van der Waals surface area contributed by atoms with Gasteiger partial charge in [0.1, 0.15) is 10.8 Å². The highest BCUT2D eigenvalue weighted by Gasteiger charge is 2.31. The Balaban J connectivity index is 2.11. The molecule has 20 heavy (non-hydrogen) atoms. The summed E-state index contributed by atoms with van der Waals surface area (Å²) in [4.78, 5) is 18.3. The van der Waals surface area contributed by atoms with Crippen LogP contribution < -0.4 is 0 Å². The van der Waals surface area contributed by atoms with Crippen molar-refractivity contribution in [2.24, 2.45) is 5.41 Å². The summed E-state index contributed by atoms with van der Waals surface area (Å²) < 4.78 is 0. The van der Waals surface area contributed by atoms with Gasteiger partial charge in [0.05, 0.1) is 5.02 Å². The van der Waals surface area contributed by atoms with E-state index in [1.165, 1.54) is 0 Å². The maximum atomic E-state index is 12.5. The lowest BCUT2D eigenvalue weighted by molar-refractivity contribution is 0.0630. The molecule has 2 rings (SSSR count). The fraction of sp³-hybridized carbons (Fsp3) is 0.600. The van der Waals surface area contributed by atoms with Crippen molar-refractivity contribution in [2.45, 2.75) is 45.6 Å². The summed E-state index contributed by atoms with van der Waals surface area (Å²) in [5.74, 6) is -0.151. The molecule has 1 aliphatic rings. The van der Waals surface area contributed by atoms with Gasteiger partial charge in [0.15, 0.2) is 0 Å². The van der Waals surface area contributed by atoms with Crippen molar-refractivity contribution < 1.29 is 4.79 Å². The lowest BCUT2D eigenvalue weighted by Gasteiger charge is -2.38. The first-order valence-corrected chi connectivity index (χ1v) is 7.65. The number of hydrogen-bond donors (Lipinski definition) is 0. The van der Waals surface area contributed by atoms with Crippen LogP contribution in [0.1, 0.15) is 50.0 Å². The third kappa shape index (κ3) is 3.44. The zero-order chi connectivity index (χ0) is 14.9. The maximum Gasteiger partial charge on any atom is 0.274 e. The number of nitrogens with zero attached hydrogens (tertiary/aromatic N) is 2. The van der Waals surface area contributed by atoms with E-state index >= 15 is 0 Å². The lowest BCUT2D eigenvalue weighted by Crippen LogP contribution is -2.41. The molecule has 110 valence electrons. The third-order valence-corrected chi connectivity index (χ3v) is 4.71. The van der Waals surface area contributed by atoms with Gasteiger partial charge in [-0.25, -0.2) is 4.98 Å². The molecule has 1 aliphatic carbocycles. The normalized spacial score (nSPS) is 18.9. The van der Waals surface area contributed by atoms with E-state index in [0.29, 0.717) is 10.4 Å². The Morgan fingerprint density at radius 1 is 1.30 bits per heavy atom. The second kappa shape index (κ2) is 5.90. The van der Waals surface area contributed by atoms with E-state index in [9.17, 15) is 4.79 Å². The van der Waals surface area contributed by atoms with Gasteiger partial charge >= 0.3 is 0 Å². The number of hydrogen-bond acceptors (Lipinski definition) is 2. The summed E-state index contributed by atoms with van der Waals surface area (Å²) in [5.41, 5.74) is 0.623. The second-order valence-electron chi connectivity index (χ2n) is 6.28. The first kappa shape index (κ1) is 15.6.